The number of hydrogen-bond acceptors (Lipinski definition) is 5. The first kappa shape index (κ1) is 15.1. The zero-order chi connectivity index (χ0) is 16.2. The average molecular weight is 323 g/mol. The van der Waals surface area contributed by atoms with Crippen LogP contribution in [0.2, 0.25) is 0 Å². The highest BCUT2D eigenvalue weighted by molar-refractivity contribution is 7.19. The number of rotatable bonds is 4. The molecule has 0 aliphatic rings. The van der Waals surface area contributed by atoms with Crippen molar-refractivity contribution in [2.24, 2.45) is 5.18 Å². The molecule has 1 heterocycles. The molecule has 0 aliphatic carbocycles. The molecule has 1 N–H and O–H groups in total. The van der Waals surface area contributed by atoms with E-state index < -0.39 is 0 Å². The van der Waals surface area contributed by atoms with Crippen molar-refractivity contribution in [2.45, 2.75) is 6.92 Å². The smallest absolute Gasteiger partial charge is 0.257 e. The van der Waals surface area contributed by atoms with Crippen molar-refractivity contribution in [3.63, 3.8) is 0 Å². The van der Waals surface area contributed by atoms with Crippen LogP contribution in [0.4, 0.5) is 10.1 Å². The highest BCUT2D eigenvalue weighted by Gasteiger charge is 2.12. The number of carbonyl (C=O) groups excluding carboxylic acids is 1. The number of carbonyl (C=O) groups is 1. The SMILES string of the molecule is Cc1cc(-c2ccccc2)ccc1C(=O)Nc1ncc(N=O)s1. The Morgan fingerprint density at radius 2 is 1.91 bits per heavy atom. The van der Waals surface area contributed by atoms with E-state index in [0.29, 0.717) is 10.7 Å². The third kappa shape index (κ3) is 3.32. The second kappa shape index (κ2) is 6.50. The second-order valence-corrected chi connectivity index (χ2v) is 5.95. The summed E-state index contributed by atoms with van der Waals surface area (Å²) in [5.41, 5.74) is 3.60. The summed E-state index contributed by atoms with van der Waals surface area (Å²) in [4.78, 5) is 26.7. The summed E-state index contributed by atoms with van der Waals surface area (Å²) in [6.45, 7) is 1.89. The number of hydrogen-bond donors (Lipinski definition) is 1. The number of anilines is 1. The highest BCUT2D eigenvalue weighted by atomic mass is 32.1. The molecule has 0 fully saturated rings. The number of nitroso groups, excluding NO2 is 1. The lowest BCUT2D eigenvalue weighted by Gasteiger charge is -2.08. The first-order valence-corrected chi connectivity index (χ1v) is 7.75. The van der Waals surface area contributed by atoms with Gasteiger partial charge in [0.1, 0.15) is 0 Å². The summed E-state index contributed by atoms with van der Waals surface area (Å²) in [6, 6.07) is 15.7. The molecule has 0 unspecified atom stereocenters. The van der Waals surface area contributed by atoms with Crippen molar-refractivity contribution in [3.05, 3.63) is 70.8 Å². The molecule has 0 aliphatic heterocycles. The van der Waals surface area contributed by atoms with Crippen molar-refractivity contribution < 1.29 is 4.79 Å². The van der Waals surface area contributed by atoms with Crippen LogP contribution in [0.3, 0.4) is 0 Å². The van der Waals surface area contributed by atoms with E-state index >= 15 is 0 Å². The average Bonchev–Trinajstić information content (AvgIpc) is 3.03. The van der Waals surface area contributed by atoms with Gasteiger partial charge in [-0.25, -0.2) is 4.98 Å². The van der Waals surface area contributed by atoms with E-state index in [1.807, 2.05) is 49.4 Å². The molecule has 0 radical (unpaired) electrons. The maximum atomic E-state index is 12.3. The van der Waals surface area contributed by atoms with Gasteiger partial charge in [-0.15, -0.1) is 4.91 Å². The Balaban J connectivity index is 1.82. The third-order valence-corrected chi connectivity index (χ3v) is 4.17. The van der Waals surface area contributed by atoms with Gasteiger partial charge in [-0.2, -0.15) is 0 Å². The molecule has 23 heavy (non-hydrogen) atoms. The molecule has 114 valence electrons. The lowest BCUT2D eigenvalue weighted by atomic mass is 9.99. The zero-order valence-electron chi connectivity index (χ0n) is 12.3. The number of benzene rings is 2. The molecule has 2 aromatic carbocycles. The molecule has 0 atom stereocenters. The molecule has 6 heteroatoms. The Hall–Kier alpha value is -2.86. The molecule has 3 aromatic rings. The minimum atomic E-state index is -0.256. The van der Waals surface area contributed by atoms with E-state index in [-0.39, 0.29) is 10.9 Å². The van der Waals surface area contributed by atoms with Gasteiger partial charge >= 0.3 is 0 Å². The third-order valence-electron chi connectivity index (χ3n) is 3.38. The van der Waals surface area contributed by atoms with Crippen LogP contribution in [0.1, 0.15) is 15.9 Å². The summed E-state index contributed by atoms with van der Waals surface area (Å²) >= 11 is 1.04. The number of nitrogens with one attached hydrogen (secondary N) is 1. The van der Waals surface area contributed by atoms with E-state index in [4.69, 9.17) is 0 Å². The Labute approximate surface area is 137 Å². The van der Waals surface area contributed by atoms with Crippen LogP contribution in [0.15, 0.2) is 59.9 Å². The quantitative estimate of drug-likeness (QED) is 0.703. The fourth-order valence-corrected chi connectivity index (χ4v) is 2.85. The highest BCUT2D eigenvalue weighted by Crippen LogP contribution is 2.27. The van der Waals surface area contributed by atoms with Gasteiger partial charge in [-0.1, -0.05) is 53.8 Å². The lowest BCUT2D eigenvalue weighted by Crippen LogP contribution is -2.13. The van der Waals surface area contributed by atoms with Gasteiger partial charge in [0, 0.05) is 5.56 Å². The predicted molar refractivity (Wildman–Crippen MR) is 92.1 cm³/mol. The van der Waals surface area contributed by atoms with E-state index in [1.54, 1.807) is 6.07 Å². The van der Waals surface area contributed by atoms with Gasteiger partial charge in [0.05, 0.1) is 6.20 Å². The Kier molecular flexibility index (Phi) is 4.25. The first-order chi connectivity index (χ1) is 11.2. The topological polar surface area (TPSA) is 71.4 Å². The van der Waals surface area contributed by atoms with Crippen molar-refractivity contribution in [1.82, 2.24) is 4.98 Å². The number of nitrogens with zero attached hydrogens (tertiary/aromatic N) is 2. The Bertz CT molecular complexity index is 859. The minimum absolute atomic E-state index is 0.233. The summed E-state index contributed by atoms with van der Waals surface area (Å²) in [7, 11) is 0. The monoisotopic (exact) mass is 323 g/mol. The van der Waals surface area contributed by atoms with E-state index in [0.717, 1.165) is 28.0 Å². The van der Waals surface area contributed by atoms with Gasteiger partial charge in [-0.05, 0) is 34.9 Å². The molecular weight excluding hydrogens is 310 g/mol. The molecular formula is C17H13N3O2S. The largest absolute Gasteiger partial charge is 0.298 e. The van der Waals surface area contributed by atoms with Crippen molar-refractivity contribution in [2.75, 3.05) is 5.32 Å². The fourth-order valence-electron chi connectivity index (χ4n) is 2.26. The first-order valence-electron chi connectivity index (χ1n) is 6.94. The normalized spacial score (nSPS) is 10.3. The van der Waals surface area contributed by atoms with Crippen molar-refractivity contribution in [1.29, 1.82) is 0 Å². The zero-order valence-corrected chi connectivity index (χ0v) is 13.1. The van der Waals surface area contributed by atoms with Crippen LogP contribution in [-0.2, 0) is 0 Å². The molecule has 1 amide bonds. The maximum absolute atomic E-state index is 12.3. The van der Waals surface area contributed by atoms with Gasteiger partial charge in [0.2, 0.25) is 0 Å². The summed E-state index contributed by atoms with van der Waals surface area (Å²) in [5.74, 6) is -0.256. The minimum Gasteiger partial charge on any atom is -0.298 e. The Morgan fingerprint density at radius 3 is 2.57 bits per heavy atom. The molecule has 0 bridgehead atoms. The van der Waals surface area contributed by atoms with E-state index in [9.17, 15) is 9.70 Å². The van der Waals surface area contributed by atoms with Crippen LogP contribution >= 0.6 is 11.3 Å². The molecule has 0 saturated heterocycles. The maximum Gasteiger partial charge on any atom is 0.257 e. The molecule has 5 nitrogen and oxygen atoms in total. The molecule has 1 aromatic heterocycles. The number of amides is 1. The van der Waals surface area contributed by atoms with Gasteiger partial charge in [0.15, 0.2) is 10.1 Å². The number of aromatic nitrogens is 1. The fraction of sp³-hybridized carbons (Fsp3) is 0.0588. The van der Waals surface area contributed by atoms with Crippen molar-refractivity contribution >= 4 is 27.4 Å². The van der Waals surface area contributed by atoms with Gasteiger partial charge in [0.25, 0.3) is 5.91 Å². The summed E-state index contributed by atoms with van der Waals surface area (Å²) in [5, 5.41) is 6.06. The molecule has 0 spiro atoms. The van der Waals surface area contributed by atoms with Crippen LogP contribution < -0.4 is 5.32 Å². The molecule has 3 rings (SSSR count). The standard InChI is InChI=1S/C17H13N3O2S/c1-11-9-13(12-5-3-2-4-6-12)7-8-14(11)16(21)19-17-18-10-15(20-22)23-17/h2-10H,1H3,(H,18,19,21). The number of thiazole rings is 1. The van der Waals surface area contributed by atoms with Crippen LogP contribution in [0.25, 0.3) is 11.1 Å². The summed E-state index contributed by atoms with van der Waals surface area (Å²) in [6.07, 6.45) is 1.33. The van der Waals surface area contributed by atoms with Gasteiger partial charge in [-0.3, -0.25) is 10.1 Å². The molecule has 0 saturated carbocycles. The summed E-state index contributed by atoms with van der Waals surface area (Å²) < 4.78 is 0. The van der Waals surface area contributed by atoms with Crippen LogP contribution in [0.5, 0.6) is 0 Å². The van der Waals surface area contributed by atoms with Gasteiger partial charge < -0.3 is 0 Å². The predicted octanol–water partition coefficient (Wildman–Crippen LogP) is 4.77. The lowest BCUT2D eigenvalue weighted by molar-refractivity contribution is 0.102. The number of aryl methyl sites for hydroxylation is 1. The van der Waals surface area contributed by atoms with E-state index in [2.05, 4.69) is 15.5 Å². The van der Waals surface area contributed by atoms with E-state index in [1.165, 1.54) is 6.20 Å². The van der Waals surface area contributed by atoms with Crippen molar-refractivity contribution in [3.8, 4) is 11.1 Å². The Morgan fingerprint density at radius 1 is 1.13 bits per heavy atom. The second-order valence-electron chi connectivity index (χ2n) is 4.94. The van der Waals surface area contributed by atoms with Crippen LogP contribution in [-0.4, -0.2) is 10.9 Å². The van der Waals surface area contributed by atoms with Crippen LogP contribution in [0, 0.1) is 11.8 Å².